The molecule has 0 aliphatic rings. The molecule has 94 valence electrons. The second-order valence-corrected chi connectivity index (χ2v) is 5.34. The lowest BCUT2D eigenvalue weighted by Crippen LogP contribution is -2.12. The van der Waals surface area contributed by atoms with Gasteiger partial charge in [0.05, 0.1) is 16.4 Å². The lowest BCUT2D eigenvalue weighted by molar-refractivity contribution is 0.103. The summed E-state index contributed by atoms with van der Waals surface area (Å²) in [7, 11) is 0. The van der Waals surface area contributed by atoms with Crippen molar-refractivity contribution < 1.29 is 4.79 Å². The van der Waals surface area contributed by atoms with Gasteiger partial charge in [-0.15, -0.1) is 0 Å². The molecule has 1 aromatic carbocycles. The first-order chi connectivity index (χ1) is 8.47. The molecule has 0 radical (unpaired) electrons. The van der Waals surface area contributed by atoms with Crippen LogP contribution in [0.2, 0.25) is 5.02 Å². The number of hydrogen-bond acceptors (Lipinski definition) is 4. The fraction of sp³-hybridized carbons (Fsp3) is 0.167. The number of nitrogen functional groups attached to an aromatic ring is 1. The van der Waals surface area contributed by atoms with E-state index >= 15 is 0 Å². The fourth-order valence-electron chi connectivity index (χ4n) is 1.54. The molecule has 0 bridgehead atoms. The summed E-state index contributed by atoms with van der Waals surface area (Å²) >= 11 is 7.18. The van der Waals surface area contributed by atoms with Crippen LogP contribution in [-0.2, 0) is 0 Å². The third-order valence-corrected chi connectivity index (χ3v) is 3.70. The molecule has 1 amide bonds. The van der Waals surface area contributed by atoms with Crippen LogP contribution in [0.1, 0.15) is 20.9 Å². The summed E-state index contributed by atoms with van der Waals surface area (Å²) in [6, 6.07) is 5.45. The van der Waals surface area contributed by atoms with Gasteiger partial charge in [0.15, 0.2) is 5.13 Å². The molecule has 3 N–H and O–H groups in total. The molecular weight excluding hydrogens is 270 g/mol. The van der Waals surface area contributed by atoms with Gasteiger partial charge in [0, 0.05) is 0 Å². The lowest BCUT2D eigenvalue weighted by Gasteiger charge is -2.07. The lowest BCUT2D eigenvalue weighted by atomic mass is 10.2. The molecule has 0 fully saturated rings. The summed E-state index contributed by atoms with van der Waals surface area (Å²) in [6.07, 6.45) is 0. The van der Waals surface area contributed by atoms with E-state index in [2.05, 4.69) is 10.3 Å². The van der Waals surface area contributed by atoms with E-state index in [0.717, 1.165) is 16.9 Å². The van der Waals surface area contributed by atoms with Gasteiger partial charge in [0.1, 0.15) is 4.88 Å². The molecule has 0 atom stereocenters. The van der Waals surface area contributed by atoms with Gasteiger partial charge in [0.25, 0.3) is 5.91 Å². The Morgan fingerprint density at radius 3 is 2.78 bits per heavy atom. The number of nitrogens with two attached hydrogens (primary N) is 1. The highest BCUT2D eigenvalue weighted by atomic mass is 35.5. The van der Waals surface area contributed by atoms with Gasteiger partial charge in [-0.25, -0.2) is 4.98 Å². The third kappa shape index (κ3) is 2.63. The molecule has 0 spiro atoms. The van der Waals surface area contributed by atoms with E-state index in [-0.39, 0.29) is 5.91 Å². The van der Waals surface area contributed by atoms with Crippen molar-refractivity contribution >= 4 is 39.7 Å². The van der Waals surface area contributed by atoms with Crippen LogP contribution in [0, 0.1) is 13.8 Å². The van der Waals surface area contributed by atoms with Gasteiger partial charge < -0.3 is 11.1 Å². The van der Waals surface area contributed by atoms with Crippen LogP contribution in [0.5, 0.6) is 0 Å². The molecule has 2 rings (SSSR count). The predicted octanol–water partition coefficient (Wildman–Crippen LogP) is 3.25. The molecule has 18 heavy (non-hydrogen) atoms. The SMILES string of the molecule is Cc1ccc(Cl)c(NC(=O)c2sc(N)nc2C)c1. The van der Waals surface area contributed by atoms with Crippen molar-refractivity contribution in [3.63, 3.8) is 0 Å². The molecule has 1 aromatic heterocycles. The largest absolute Gasteiger partial charge is 0.375 e. The number of nitrogens with one attached hydrogen (secondary N) is 1. The highest BCUT2D eigenvalue weighted by Crippen LogP contribution is 2.25. The number of aryl methyl sites for hydroxylation is 2. The Morgan fingerprint density at radius 1 is 1.44 bits per heavy atom. The van der Waals surface area contributed by atoms with Crippen LogP contribution in [0.3, 0.4) is 0 Å². The zero-order chi connectivity index (χ0) is 13.3. The fourth-order valence-corrected chi connectivity index (χ4v) is 2.44. The maximum atomic E-state index is 12.1. The smallest absolute Gasteiger partial charge is 0.267 e. The summed E-state index contributed by atoms with van der Waals surface area (Å²) in [5.41, 5.74) is 7.80. The van der Waals surface area contributed by atoms with Crippen molar-refractivity contribution in [3.05, 3.63) is 39.4 Å². The van der Waals surface area contributed by atoms with Crippen LogP contribution in [0.25, 0.3) is 0 Å². The summed E-state index contributed by atoms with van der Waals surface area (Å²) in [5.74, 6) is -0.241. The summed E-state index contributed by atoms with van der Waals surface area (Å²) in [4.78, 5) is 16.6. The van der Waals surface area contributed by atoms with Crippen molar-refractivity contribution in [1.29, 1.82) is 0 Å². The second kappa shape index (κ2) is 4.96. The maximum absolute atomic E-state index is 12.1. The zero-order valence-electron chi connectivity index (χ0n) is 9.95. The molecule has 0 aliphatic carbocycles. The summed E-state index contributed by atoms with van der Waals surface area (Å²) in [6.45, 7) is 3.68. The van der Waals surface area contributed by atoms with Gasteiger partial charge in [0.2, 0.25) is 0 Å². The number of aromatic nitrogens is 1. The molecule has 0 saturated carbocycles. The van der Waals surface area contributed by atoms with E-state index in [9.17, 15) is 4.79 Å². The Balaban J connectivity index is 2.26. The van der Waals surface area contributed by atoms with E-state index in [1.807, 2.05) is 19.1 Å². The first-order valence-electron chi connectivity index (χ1n) is 5.28. The Kier molecular flexibility index (Phi) is 3.54. The number of rotatable bonds is 2. The van der Waals surface area contributed by atoms with E-state index in [1.165, 1.54) is 0 Å². The van der Waals surface area contributed by atoms with Crippen LogP contribution < -0.4 is 11.1 Å². The van der Waals surface area contributed by atoms with E-state index in [0.29, 0.717) is 26.4 Å². The number of hydrogen-bond donors (Lipinski definition) is 2. The molecule has 1 heterocycles. The summed E-state index contributed by atoms with van der Waals surface area (Å²) < 4.78 is 0. The average molecular weight is 282 g/mol. The highest BCUT2D eigenvalue weighted by molar-refractivity contribution is 7.17. The molecule has 6 heteroatoms. The standard InChI is InChI=1S/C12H12ClN3OS/c1-6-3-4-8(13)9(5-6)16-11(17)10-7(2)15-12(14)18-10/h3-5H,1-2H3,(H2,14,15)(H,16,17). The normalized spacial score (nSPS) is 10.4. The third-order valence-electron chi connectivity index (χ3n) is 2.39. The van der Waals surface area contributed by atoms with Crippen LogP contribution >= 0.6 is 22.9 Å². The minimum absolute atomic E-state index is 0.241. The van der Waals surface area contributed by atoms with Crippen molar-refractivity contribution in [2.24, 2.45) is 0 Å². The van der Waals surface area contributed by atoms with Gasteiger partial charge in [-0.1, -0.05) is 29.0 Å². The van der Waals surface area contributed by atoms with Crippen molar-refractivity contribution in [2.75, 3.05) is 11.1 Å². The Hall–Kier alpha value is -1.59. The average Bonchev–Trinajstić information content (AvgIpc) is 2.63. The number of nitrogens with zero attached hydrogens (tertiary/aromatic N) is 1. The van der Waals surface area contributed by atoms with Crippen molar-refractivity contribution in [3.8, 4) is 0 Å². The second-order valence-electron chi connectivity index (χ2n) is 3.90. The molecule has 4 nitrogen and oxygen atoms in total. The monoisotopic (exact) mass is 281 g/mol. The van der Waals surface area contributed by atoms with Crippen molar-refractivity contribution in [2.45, 2.75) is 13.8 Å². The molecule has 2 aromatic rings. The zero-order valence-corrected chi connectivity index (χ0v) is 11.5. The minimum atomic E-state index is -0.241. The molecular formula is C12H12ClN3OS. The van der Waals surface area contributed by atoms with Crippen LogP contribution in [0.4, 0.5) is 10.8 Å². The van der Waals surface area contributed by atoms with Gasteiger partial charge in [-0.2, -0.15) is 0 Å². The Labute approximate surface area is 114 Å². The topological polar surface area (TPSA) is 68.0 Å². The molecule has 0 aliphatic heterocycles. The van der Waals surface area contributed by atoms with Crippen molar-refractivity contribution in [1.82, 2.24) is 4.98 Å². The molecule has 0 unspecified atom stereocenters. The van der Waals surface area contributed by atoms with Gasteiger partial charge in [-0.05, 0) is 31.5 Å². The van der Waals surface area contributed by atoms with E-state index in [1.54, 1.807) is 13.0 Å². The number of anilines is 2. The Morgan fingerprint density at radius 2 is 2.17 bits per heavy atom. The van der Waals surface area contributed by atoms with E-state index < -0.39 is 0 Å². The minimum Gasteiger partial charge on any atom is -0.375 e. The number of carbonyl (C=O) groups is 1. The first-order valence-corrected chi connectivity index (χ1v) is 6.47. The van der Waals surface area contributed by atoms with Crippen LogP contribution in [0.15, 0.2) is 18.2 Å². The predicted molar refractivity (Wildman–Crippen MR) is 75.4 cm³/mol. The van der Waals surface area contributed by atoms with Gasteiger partial charge >= 0.3 is 0 Å². The Bertz CT molecular complexity index is 609. The number of amides is 1. The highest BCUT2D eigenvalue weighted by Gasteiger charge is 2.15. The number of thiazole rings is 1. The van der Waals surface area contributed by atoms with Crippen LogP contribution in [-0.4, -0.2) is 10.9 Å². The maximum Gasteiger partial charge on any atom is 0.267 e. The quantitative estimate of drug-likeness (QED) is 0.888. The number of halogens is 1. The number of carbonyl (C=O) groups excluding carboxylic acids is 1. The first kappa shape index (κ1) is 12.9. The molecule has 0 saturated heterocycles. The van der Waals surface area contributed by atoms with Gasteiger partial charge in [-0.3, -0.25) is 4.79 Å². The number of benzene rings is 1. The van der Waals surface area contributed by atoms with E-state index in [4.69, 9.17) is 17.3 Å². The summed E-state index contributed by atoms with van der Waals surface area (Å²) in [5, 5.41) is 3.65.